The van der Waals surface area contributed by atoms with Crippen LogP contribution in [-0.4, -0.2) is 40.6 Å². The second kappa shape index (κ2) is 5.16. The van der Waals surface area contributed by atoms with Gasteiger partial charge in [-0.05, 0) is 32.6 Å². The number of likely N-dealkylation sites (tertiary alicyclic amines) is 1. The Balaban J connectivity index is 1.90. The standard InChI is InChI=1S/C13H22N2O3/c1-13(6-2-3-7-13)14-12(18)15-8-4-5-10(9-15)11(16)17/h10H,2-9H2,1H3,(H,14,18)(H,16,17)/t10-/m0/s1. The van der Waals surface area contributed by atoms with E-state index >= 15 is 0 Å². The highest BCUT2D eigenvalue weighted by Crippen LogP contribution is 2.29. The zero-order chi connectivity index (χ0) is 13.2. The molecule has 2 amide bonds. The SMILES string of the molecule is CC1(NC(=O)N2CCC[C@H](C(=O)O)C2)CCCC1. The molecule has 1 saturated heterocycles. The van der Waals surface area contributed by atoms with E-state index in [0.717, 1.165) is 32.1 Å². The first-order chi connectivity index (χ1) is 8.50. The van der Waals surface area contributed by atoms with Crippen LogP contribution in [0.2, 0.25) is 0 Å². The first kappa shape index (κ1) is 13.2. The number of urea groups is 1. The first-order valence-corrected chi connectivity index (χ1v) is 6.80. The third-order valence-electron chi connectivity index (χ3n) is 4.17. The molecule has 0 unspecified atom stereocenters. The van der Waals surface area contributed by atoms with Gasteiger partial charge in [0.1, 0.15) is 0 Å². The maximum Gasteiger partial charge on any atom is 0.317 e. The van der Waals surface area contributed by atoms with Gasteiger partial charge in [0.05, 0.1) is 5.92 Å². The number of rotatable bonds is 2. The summed E-state index contributed by atoms with van der Waals surface area (Å²) in [6.07, 6.45) is 5.82. The van der Waals surface area contributed by atoms with Crippen LogP contribution in [0, 0.1) is 5.92 Å². The zero-order valence-electron chi connectivity index (χ0n) is 10.9. The molecule has 1 aliphatic heterocycles. The van der Waals surface area contributed by atoms with Crippen LogP contribution in [0.4, 0.5) is 4.79 Å². The fourth-order valence-electron chi connectivity index (χ4n) is 2.98. The van der Waals surface area contributed by atoms with E-state index in [1.807, 2.05) is 0 Å². The van der Waals surface area contributed by atoms with Crippen LogP contribution in [0.25, 0.3) is 0 Å². The summed E-state index contributed by atoms with van der Waals surface area (Å²) in [4.78, 5) is 24.8. The van der Waals surface area contributed by atoms with Crippen LogP contribution in [0.3, 0.4) is 0 Å². The van der Waals surface area contributed by atoms with Gasteiger partial charge in [0.25, 0.3) is 0 Å². The lowest BCUT2D eigenvalue weighted by atomic mass is 9.98. The number of carbonyl (C=O) groups is 2. The Morgan fingerprint density at radius 2 is 1.94 bits per heavy atom. The van der Waals surface area contributed by atoms with Gasteiger partial charge in [0, 0.05) is 18.6 Å². The average Bonchev–Trinajstić information content (AvgIpc) is 2.76. The van der Waals surface area contributed by atoms with E-state index in [4.69, 9.17) is 5.11 Å². The summed E-state index contributed by atoms with van der Waals surface area (Å²) < 4.78 is 0. The molecule has 0 aromatic heterocycles. The molecule has 2 aliphatic rings. The average molecular weight is 254 g/mol. The van der Waals surface area contributed by atoms with Crippen LogP contribution in [-0.2, 0) is 4.79 Å². The van der Waals surface area contributed by atoms with Crippen molar-refractivity contribution in [3.05, 3.63) is 0 Å². The Bertz CT molecular complexity index is 337. The molecule has 0 bridgehead atoms. The normalized spacial score (nSPS) is 26.9. The number of nitrogens with one attached hydrogen (secondary N) is 1. The molecule has 0 aromatic rings. The minimum atomic E-state index is -0.792. The van der Waals surface area contributed by atoms with Gasteiger partial charge >= 0.3 is 12.0 Å². The predicted molar refractivity (Wildman–Crippen MR) is 67.3 cm³/mol. The molecule has 0 radical (unpaired) electrons. The highest BCUT2D eigenvalue weighted by atomic mass is 16.4. The van der Waals surface area contributed by atoms with Crippen LogP contribution in [0.15, 0.2) is 0 Å². The number of aliphatic carboxylic acids is 1. The molecule has 1 aliphatic carbocycles. The summed E-state index contributed by atoms with van der Waals surface area (Å²) in [5, 5.41) is 12.1. The minimum Gasteiger partial charge on any atom is -0.481 e. The van der Waals surface area contributed by atoms with Crippen LogP contribution in [0.1, 0.15) is 45.4 Å². The Kier molecular flexibility index (Phi) is 3.78. The molecule has 1 atom stereocenters. The number of hydrogen-bond donors (Lipinski definition) is 2. The van der Waals surface area contributed by atoms with E-state index in [9.17, 15) is 9.59 Å². The topological polar surface area (TPSA) is 69.6 Å². The summed E-state index contributed by atoms with van der Waals surface area (Å²) in [7, 11) is 0. The predicted octanol–water partition coefficient (Wildman–Crippen LogP) is 1.83. The second-order valence-corrected chi connectivity index (χ2v) is 5.82. The van der Waals surface area contributed by atoms with Crippen molar-refractivity contribution in [1.29, 1.82) is 0 Å². The highest BCUT2D eigenvalue weighted by molar-refractivity contribution is 5.77. The largest absolute Gasteiger partial charge is 0.481 e. The van der Waals surface area contributed by atoms with Gasteiger partial charge in [-0.25, -0.2) is 4.79 Å². The molecule has 1 heterocycles. The first-order valence-electron chi connectivity index (χ1n) is 6.80. The van der Waals surface area contributed by atoms with E-state index in [1.165, 1.54) is 0 Å². The summed E-state index contributed by atoms with van der Waals surface area (Å²) >= 11 is 0. The Hall–Kier alpha value is -1.26. The number of carbonyl (C=O) groups excluding carboxylic acids is 1. The van der Waals surface area contributed by atoms with Crippen molar-refractivity contribution in [3.63, 3.8) is 0 Å². The number of nitrogens with zero attached hydrogens (tertiary/aromatic N) is 1. The number of carboxylic acids is 1. The minimum absolute atomic E-state index is 0.0900. The molecule has 2 rings (SSSR count). The molecule has 5 nitrogen and oxygen atoms in total. The lowest BCUT2D eigenvalue weighted by molar-refractivity contribution is -0.143. The molecule has 0 aromatic carbocycles. The van der Waals surface area contributed by atoms with E-state index < -0.39 is 11.9 Å². The molecule has 2 N–H and O–H groups in total. The van der Waals surface area contributed by atoms with Crippen molar-refractivity contribution < 1.29 is 14.7 Å². The molecule has 2 fully saturated rings. The van der Waals surface area contributed by atoms with Crippen molar-refractivity contribution in [3.8, 4) is 0 Å². The summed E-state index contributed by atoms with van der Waals surface area (Å²) in [6.45, 7) is 3.10. The van der Waals surface area contributed by atoms with Crippen molar-refractivity contribution >= 4 is 12.0 Å². The van der Waals surface area contributed by atoms with E-state index in [2.05, 4.69) is 12.2 Å². The van der Waals surface area contributed by atoms with Gasteiger partial charge in [0.15, 0.2) is 0 Å². The van der Waals surface area contributed by atoms with E-state index in [1.54, 1.807) is 4.90 Å². The molecular weight excluding hydrogens is 232 g/mol. The van der Waals surface area contributed by atoms with Gasteiger partial charge < -0.3 is 15.3 Å². The lowest BCUT2D eigenvalue weighted by Crippen LogP contribution is -2.53. The Morgan fingerprint density at radius 1 is 1.28 bits per heavy atom. The van der Waals surface area contributed by atoms with Gasteiger partial charge in [-0.3, -0.25) is 4.79 Å². The molecule has 0 spiro atoms. The summed E-state index contributed by atoms with van der Waals surface area (Å²) in [6, 6.07) is -0.0923. The molecule has 1 saturated carbocycles. The van der Waals surface area contributed by atoms with Gasteiger partial charge in [-0.15, -0.1) is 0 Å². The lowest BCUT2D eigenvalue weighted by Gasteiger charge is -2.34. The summed E-state index contributed by atoms with van der Waals surface area (Å²) in [5.41, 5.74) is -0.0900. The van der Waals surface area contributed by atoms with E-state index in [-0.39, 0.29) is 11.6 Å². The third kappa shape index (κ3) is 2.94. The zero-order valence-corrected chi connectivity index (χ0v) is 10.9. The van der Waals surface area contributed by atoms with Crippen molar-refractivity contribution in [2.45, 2.75) is 51.0 Å². The van der Waals surface area contributed by atoms with Crippen LogP contribution >= 0.6 is 0 Å². The maximum atomic E-state index is 12.1. The number of amides is 2. The number of piperidine rings is 1. The molecule has 102 valence electrons. The highest BCUT2D eigenvalue weighted by Gasteiger charge is 2.34. The van der Waals surface area contributed by atoms with Crippen molar-refractivity contribution in [1.82, 2.24) is 10.2 Å². The van der Waals surface area contributed by atoms with Crippen molar-refractivity contribution in [2.24, 2.45) is 5.92 Å². The van der Waals surface area contributed by atoms with E-state index in [0.29, 0.717) is 19.5 Å². The van der Waals surface area contributed by atoms with Gasteiger partial charge in [0.2, 0.25) is 0 Å². The van der Waals surface area contributed by atoms with Crippen LogP contribution in [0.5, 0.6) is 0 Å². The van der Waals surface area contributed by atoms with Gasteiger partial charge in [-0.2, -0.15) is 0 Å². The monoisotopic (exact) mass is 254 g/mol. The molecule has 18 heavy (non-hydrogen) atoms. The third-order valence-corrected chi connectivity index (χ3v) is 4.17. The quantitative estimate of drug-likeness (QED) is 0.789. The second-order valence-electron chi connectivity index (χ2n) is 5.82. The van der Waals surface area contributed by atoms with Crippen molar-refractivity contribution in [2.75, 3.05) is 13.1 Å². The fraction of sp³-hybridized carbons (Fsp3) is 0.846. The molecule has 5 heteroatoms. The molecular formula is C13H22N2O3. The fourth-order valence-corrected chi connectivity index (χ4v) is 2.98. The Labute approximate surface area is 108 Å². The number of carboxylic acid groups (broad SMARTS) is 1. The van der Waals surface area contributed by atoms with Gasteiger partial charge in [-0.1, -0.05) is 12.8 Å². The number of hydrogen-bond acceptors (Lipinski definition) is 2. The maximum absolute atomic E-state index is 12.1. The Morgan fingerprint density at radius 3 is 2.56 bits per heavy atom. The summed E-state index contributed by atoms with van der Waals surface area (Å²) in [5.74, 6) is -1.19. The smallest absolute Gasteiger partial charge is 0.317 e. The van der Waals surface area contributed by atoms with Crippen LogP contribution < -0.4 is 5.32 Å².